The van der Waals surface area contributed by atoms with E-state index in [0.717, 1.165) is 30.2 Å². The molecular weight excluding hydrogens is 252 g/mol. The van der Waals surface area contributed by atoms with Crippen LogP contribution < -0.4 is 0 Å². The maximum absolute atomic E-state index is 10.5. The van der Waals surface area contributed by atoms with Gasteiger partial charge in [0.25, 0.3) is 0 Å². The van der Waals surface area contributed by atoms with Crippen LogP contribution in [0.15, 0.2) is 28.7 Å². The van der Waals surface area contributed by atoms with Crippen molar-refractivity contribution >= 4 is 15.9 Å². The lowest BCUT2D eigenvalue weighted by Gasteiger charge is -2.27. The number of rotatable bonds is 2. The van der Waals surface area contributed by atoms with Crippen molar-refractivity contribution in [1.82, 2.24) is 0 Å². The SMILES string of the molecule is CC1CCCC1(O)Cc1cccc(Br)c1. The minimum Gasteiger partial charge on any atom is -0.389 e. The minimum atomic E-state index is -0.471. The van der Waals surface area contributed by atoms with E-state index in [4.69, 9.17) is 0 Å². The van der Waals surface area contributed by atoms with E-state index in [1.807, 2.05) is 12.1 Å². The van der Waals surface area contributed by atoms with Crippen molar-refractivity contribution in [3.05, 3.63) is 34.3 Å². The molecule has 1 aliphatic carbocycles. The van der Waals surface area contributed by atoms with Gasteiger partial charge < -0.3 is 5.11 Å². The number of halogens is 1. The minimum absolute atomic E-state index is 0.427. The van der Waals surface area contributed by atoms with Gasteiger partial charge >= 0.3 is 0 Å². The highest BCUT2D eigenvalue weighted by atomic mass is 79.9. The Balaban J connectivity index is 2.14. The molecule has 1 fully saturated rings. The molecule has 0 spiro atoms. The standard InChI is InChI=1S/C13H17BrO/c1-10-4-3-7-13(10,15)9-11-5-2-6-12(14)8-11/h2,5-6,8,10,15H,3-4,7,9H2,1H3. The number of benzene rings is 1. The van der Waals surface area contributed by atoms with E-state index < -0.39 is 5.60 Å². The van der Waals surface area contributed by atoms with Crippen LogP contribution in [-0.4, -0.2) is 10.7 Å². The molecule has 1 nitrogen and oxygen atoms in total. The fraction of sp³-hybridized carbons (Fsp3) is 0.538. The molecule has 2 unspecified atom stereocenters. The Labute approximate surface area is 99.6 Å². The van der Waals surface area contributed by atoms with Gasteiger partial charge in [-0.2, -0.15) is 0 Å². The van der Waals surface area contributed by atoms with Crippen molar-refractivity contribution in [2.75, 3.05) is 0 Å². The highest BCUT2D eigenvalue weighted by Crippen LogP contribution is 2.37. The van der Waals surface area contributed by atoms with E-state index in [2.05, 4.69) is 35.0 Å². The van der Waals surface area contributed by atoms with Gasteiger partial charge in [-0.05, 0) is 36.5 Å². The maximum atomic E-state index is 10.5. The van der Waals surface area contributed by atoms with E-state index in [-0.39, 0.29) is 0 Å². The third kappa shape index (κ3) is 2.43. The van der Waals surface area contributed by atoms with Gasteiger partial charge in [0.15, 0.2) is 0 Å². The molecule has 2 heteroatoms. The summed E-state index contributed by atoms with van der Waals surface area (Å²) in [6.07, 6.45) is 4.05. The second kappa shape index (κ2) is 4.26. The van der Waals surface area contributed by atoms with Crippen LogP contribution in [0.2, 0.25) is 0 Å². The highest BCUT2D eigenvalue weighted by molar-refractivity contribution is 9.10. The molecule has 1 N–H and O–H groups in total. The smallest absolute Gasteiger partial charge is 0.0713 e. The van der Waals surface area contributed by atoms with Crippen LogP contribution in [0.4, 0.5) is 0 Å². The van der Waals surface area contributed by atoms with E-state index in [1.54, 1.807) is 0 Å². The van der Waals surface area contributed by atoms with Gasteiger partial charge in [-0.1, -0.05) is 41.4 Å². The van der Waals surface area contributed by atoms with Gasteiger partial charge in [0.05, 0.1) is 5.60 Å². The maximum Gasteiger partial charge on any atom is 0.0713 e. The second-order valence-electron chi connectivity index (χ2n) is 4.70. The molecule has 1 aliphatic rings. The summed E-state index contributed by atoms with van der Waals surface area (Å²) < 4.78 is 1.09. The summed E-state index contributed by atoms with van der Waals surface area (Å²) in [5.74, 6) is 0.427. The second-order valence-corrected chi connectivity index (χ2v) is 5.62. The number of hydrogen-bond acceptors (Lipinski definition) is 1. The zero-order valence-corrected chi connectivity index (χ0v) is 10.6. The Kier molecular flexibility index (Phi) is 3.17. The molecule has 1 aromatic carbocycles. The average Bonchev–Trinajstić information content (AvgIpc) is 2.47. The molecule has 0 heterocycles. The lowest BCUT2D eigenvalue weighted by Crippen LogP contribution is -2.34. The molecule has 0 radical (unpaired) electrons. The van der Waals surface area contributed by atoms with Crippen LogP contribution >= 0.6 is 15.9 Å². The predicted octanol–water partition coefficient (Wildman–Crippen LogP) is 3.54. The van der Waals surface area contributed by atoms with Crippen molar-refractivity contribution in [3.8, 4) is 0 Å². The number of hydrogen-bond donors (Lipinski definition) is 1. The van der Waals surface area contributed by atoms with Crippen molar-refractivity contribution in [2.24, 2.45) is 5.92 Å². The quantitative estimate of drug-likeness (QED) is 0.870. The summed E-state index contributed by atoms with van der Waals surface area (Å²) >= 11 is 3.46. The van der Waals surface area contributed by atoms with Gasteiger partial charge in [-0.3, -0.25) is 0 Å². The van der Waals surface area contributed by atoms with Gasteiger partial charge in [0.2, 0.25) is 0 Å². The molecule has 2 rings (SSSR count). The Hall–Kier alpha value is -0.340. The van der Waals surface area contributed by atoms with Crippen molar-refractivity contribution in [3.63, 3.8) is 0 Å². The molecule has 82 valence electrons. The van der Waals surface area contributed by atoms with Crippen molar-refractivity contribution < 1.29 is 5.11 Å². The third-order valence-corrected chi connectivity index (χ3v) is 4.06. The Morgan fingerprint density at radius 3 is 2.93 bits per heavy atom. The molecule has 15 heavy (non-hydrogen) atoms. The first kappa shape index (κ1) is 11.2. The molecule has 1 saturated carbocycles. The van der Waals surface area contributed by atoms with E-state index >= 15 is 0 Å². The van der Waals surface area contributed by atoms with Crippen LogP contribution in [0, 0.1) is 5.92 Å². The zero-order valence-electron chi connectivity index (χ0n) is 9.04. The van der Waals surface area contributed by atoms with Crippen LogP contribution in [0.25, 0.3) is 0 Å². The van der Waals surface area contributed by atoms with Crippen LogP contribution in [0.3, 0.4) is 0 Å². The molecule has 1 aromatic rings. The normalized spacial score (nSPS) is 30.7. The molecule has 2 atom stereocenters. The van der Waals surface area contributed by atoms with Gasteiger partial charge in [-0.25, -0.2) is 0 Å². The summed E-state index contributed by atoms with van der Waals surface area (Å²) in [5, 5.41) is 10.5. The fourth-order valence-electron chi connectivity index (χ4n) is 2.49. The molecule has 0 aromatic heterocycles. The van der Waals surface area contributed by atoms with E-state index in [1.165, 1.54) is 5.56 Å². The molecule has 0 bridgehead atoms. The summed E-state index contributed by atoms with van der Waals surface area (Å²) in [6, 6.07) is 8.24. The third-order valence-electron chi connectivity index (χ3n) is 3.56. The molecule has 0 amide bonds. The van der Waals surface area contributed by atoms with Gasteiger partial charge in [0.1, 0.15) is 0 Å². The molecule has 0 saturated heterocycles. The van der Waals surface area contributed by atoms with Crippen LogP contribution in [-0.2, 0) is 6.42 Å². The zero-order chi connectivity index (χ0) is 10.9. The number of aliphatic hydroxyl groups is 1. The largest absolute Gasteiger partial charge is 0.389 e. The summed E-state index contributed by atoms with van der Waals surface area (Å²) in [7, 11) is 0. The van der Waals surface area contributed by atoms with Crippen LogP contribution in [0.5, 0.6) is 0 Å². The average molecular weight is 269 g/mol. The Bertz CT molecular complexity index is 350. The van der Waals surface area contributed by atoms with Crippen molar-refractivity contribution in [2.45, 2.75) is 38.2 Å². The first-order valence-corrected chi connectivity index (χ1v) is 6.36. The first-order chi connectivity index (χ1) is 7.10. The lowest BCUT2D eigenvalue weighted by atomic mass is 9.86. The lowest BCUT2D eigenvalue weighted by molar-refractivity contribution is 0.00959. The Morgan fingerprint density at radius 1 is 1.53 bits per heavy atom. The van der Waals surface area contributed by atoms with E-state index in [9.17, 15) is 5.11 Å². The summed E-state index contributed by atoms with van der Waals surface area (Å²) in [6.45, 7) is 2.16. The molecular formula is C13H17BrO. The Morgan fingerprint density at radius 2 is 2.33 bits per heavy atom. The fourth-order valence-corrected chi connectivity index (χ4v) is 2.94. The first-order valence-electron chi connectivity index (χ1n) is 5.57. The van der Waals surface area contributed by atoms with Crippen molar-refractivity contribution in [1.29, 1.82) is 0 Å². The van der Waals surface area contributed by atoms with Crippen LogP contribution in [0.1, 0.15) is 31.7 Å². The van der Waals surface area contributed by atoms with Gasteiger partial charge in [-0.15, -0.1) is 0 Å². The van der Waals surface area contributed by atoms with E-state index in [0.29, 0.717) is 5.92 Å². The summed E-state index contributed by atoms with van der Waals surface area (Å²) in [4.78, 5) is 0. The summed E-state index contributed by atoms with van der Waals surface area (Å²) in [5.41, 5.74) is 0.751. The molecule has 0 aliphatic heterocycles. The highest BCUT2D eigenvalue weighted by Gasteiger charge is 2.37. The topological polar surface area (TPSA) is 20.2 Å². The predicted molar refractivity (Wildman–Crippen MR) is 65.8 cm³/mol. The van der Waals surface area contributed by atoms with Gasteiger partial charge in [0, 0.05) is 10.9 Å². The monoisotopic (exact) mass is 268 g/mol.